The molecule has 0 spiro atoms. The molecule has 1 aliphatic heterocycles. The Morgan fingerprint density at radius 3 is 3.07 bits per heavy atom. The molecule has 0 aromatic carbocycles. The highest BCUT2D eigenvalue weighted by molar-refractivity contribution is 9.09. The Morgan fingerprint density at radius 2 is 2.47 bits per heavy atom. The summed E-state index contributed by atoms with van der Waals surface area (Å²) in [5.41, 5.74) is 0. The van der Waals surface area contributed by atoms with Crippen molar-refractivity contribution in [3.8, 4) is 0 Å². The molecule has 1 aromatic heterocycles. The molecule has 2 heterocycles. The summed E-state index contributed by atoms with van der Waals surface area (Å²) in [6, 6.07) is 0.451. The molecule has 0 saturated carbocycles. The maximum Gasteiger partial charge on any atom is 0.147 e. The largest absolute Gasteiger partial charge is 0.380 e. The van der Waals surface area contributed by atoms with Crippen molar-refractivity contribution in [3.63, 3.8) is 0 Å². The zero-order valence-electron chi connectivity index (χ0n) is 8.64. The van der Waals surface area contributed by atoms with Gasteiger partial charge in [0.1, 0.15) is 5.82 Å². The molecule has 0 aliphatic carbocycles. The van der Waals surface area contributed by atoms with E-state index in [2.05, 4.69) is 30.8 Å². The minimum atomic E-state index is 0.301. The second kappa shape index (κ2) is 4.90. The van der Waals surface area contributed by atoms with Crippen molar-refractivity contribution in [2.45, 2.75) is 18.6 Å². The Hall–Kier alpha value is -0.680. The topological polar surface area (TPSA) is 38.2 Å². The smallest absolute Gasteiger partial charge is 0.147 e. The summed E-state index contributed by atoms with van der Waals surface area (Å²) in [5.74, 6) is 0.932. The minimum Gasteiger partial charge on any atom is -0.380 e. The third-order valence-corrected chi connectivity index (χ3v) is 3.48. The first kappa shape index (κ1) is 10.8. The Kier molecular flexibility index (Phi) is 3.53. The lowest BCUT2D eigenvalue weighted by atomic mass is 10.2. The molecule has 2 atom stereocenters. The van der Waals surface area contributed by atoms with Crippen molar-refractivity contribution in [2.75, 3.05) is 23.9 Å². The lowest BCUT2D eigenvalue weighted by Gasteiger charge is -2.23. The van der Waals surface area contributed by atoms with Crippen LogP contribution >= 0.6 is 15.9 Å². The maximum absolute atomic E-state index is 5.38. The molecular formula is C10H14BrN3O. The van der Waals surface area contributed by atoms with Gasteiger partial charge in [0.2, 0.25) is 0 Å². The highest BCUT2D eigenvalue weighted by Gasteiger charge is 2.32. The second-order valence-electron chi connectivity index (χ2n) is 3.62. The van der Waals surface area contributed by atoms with Gasteiger partial charge in [-0.1, -0.05) is 15.9 Å². The fraction of sp³-hybridized carbons (Fsp3) is 0.600. The fourth-order valence-electron chi connectivity index (χ4n) is 1.91. The van der Waals surface area contributed by atoms with Crippen LogP contribution in [0.2, 0.25) is 0 Å². The molecule has 1 fully saturated rings. The predicted octanol–water partition coefficient (Wildman–Crippen LogP) is 1.47. The van der Waals surface area contributed by atoms with Crippen molar-refractivity contribution in [1.82, 2.24) is 9.97 Å². The van der Waals surface area contributed by atoms with Gasteiger partial charge in [-0.2, -0.15) is 0 Å². The normalized spacial score (nSPS) is 25.9. The lowest BCUT2D eigenvalue weighted by molar-refractivity contribution is 0.119. The van der Waals surface area contributed by atoms with Gasteiger partial charge in [-0.15, -0.1) is 0 Å². The molecule has 5 heteroatoms. The van der Waals surface area contributed by atoms with Gasteiger partial charge >= 0.3 is 0 Å². The van der Waals surface area contributed by atoms with Crippen LogP contribution in [0.3, 0.4) is 0 Å². The van der Waals surface area contributed by atoms with E-state index in [1.807, 2.05) is 0 Å². The third-order valence-electron chi connectivity index (χ3n) is 2.73. The summed E-state index contributed by atoms with van der Waals surface area (Å²) >= 11 is 3.53. The Balaban J connectivity index is 2.14. The van der Waals surface area contributed by atoms with Crippen molar-refractivity contribution < 1.29 is 4.74 Å². The molecular weight excluding hydrogens is 258 g/mol. The van der Waals surface area contributed by atoms with E-state index < -0.39 is 0 Å². The number of alkyl halides is 1. The van der Waals surface area contributed by atoms with E-state index in [0.29, 0.717) is 12.1 Å². The summed E-state index contributed by atoms with van der Waals surface area (Å²) < 4.78 is 5.38. The summed E-state index contributed by atoms with van der Waals surface area (Å²) in [7, 11) is 1.76. The highest BCUT2D eigenvalue weighted by atomic mass is 79.9. The zero-order valence-corrected chi connectivity index (χ0v) is 10.2. The molecule has 0 N–H and O–H groups in total. The number of anilines is 1. The number of methoxy groups -OCH3 is 1. The third kappa shape index (κ3) is 2.29. The molecule has 2 unspecified atom stereocenters. The summed E-state index contributed by atoms with van der Waals surface area (Å²) in [4.78, 5) is 10.6. The van der Waals surface area contributed by atoms with Crippen LogP contribution in [-0.2, 0) is 4.74 Å². The molecule has 15 heavy (non-hydrogen) atoms. The van der Waals surface area contributed by atoms with Crippen molar-refractivity contribution in [1.29, 1.82) is 0 Å². The molecule has 4 nitrogen and oxygen atoms in total. The monoisotopic (exact) mass is 271 g/mol. The van der Waals surface area contributed by atoms with Gasteiger partial charge in [0, 0.05) is 37.4 Å². The van der Waals surface area contributed by atoms with Crippen LogP contribution in [0.15, 0.2) is 18.6 Å². The van der Waals surface area contributed by atoms with Gasteiger partial charge in [0.15, 0.2) is 0 Å². The van der Waals surface area contributed by atoms with Crippen LogP contribution in [0.4, 0.5) is 5.82 Å². The van der Waals surface area contributed by atoms with Gasteiger partial charge in [0.05, 0.1) is 12.3 Å². The number of hydrogen-bond acceptors (Lipinski definition) is 4. The number of hydrogen-bond donors (Lipinski definition) is 0. The SMILES string of the molecule is COC1CC(CBr)N(c2cnccn2)C1. The molecule has 1 saturated heterocycles. The minimum absolute atomic E-state index is 0.301. The number of ether oxygens (including phenoxy) is 1. The second-order valence-corrected chi connectivity index (χ2v) is 4.26. The van der Waals surface area contributed by atoms with Gasteiger partial charge in [-0.05, 0) is 6.42 Å². The van der Waals surface area contributed by atoms with E-state index in [1.54, 1.807) is 25.7 Å². The number of aromatic nitrogens is 2. The average molecular weight is 272 g/mol. The summed E-state index contributed by atoms with van der Waals surface area (Å²) in [6.45, 7) is 0.894. The molecule has 2 rings (SSSR count). The van der Waals surface area contributed by atoms with E-state index in [9.17, 15) is 0 Å². The zero-order chi connectivity index (χ0) is 10.7. The lowest BCUT2D eigenvalue weighted by Crippen LogP contribution is -2.31. The predicted molar refractivity (Wildman–Crippen MR) is 62.4 cm³/mol. The highest BCUT2D eigenvalue weighted by Crippen LogP contribution is 2.25. The number of rotatable bonds is 3. The van der Waals surface area contributed by atoms with Gasteiger partial charge in [0.25, 0.3) is 0 Å². The molecule has 82 valence electrons. The van der Waals surface area contributed by atoms with Crippen LogP contribution in [-0.4, -0.2) is 41.1 Å². The first-order chi connectivity index (χ1) is 7.35. The van der Waals surface area contributed by atoms with E-state index in [4.69, 9.17) is 4.74 Å². The first-order valence-electron chi connectivity index (χ1n) is 4.96. The molecule has 1 aromatic rings. The Bertz CT molecular complexity index is 309. The van der Waals surface area contributed by atoms with Crippen LogP contribution in [0.1, 0.15) is 6.42 Å². The van der Waals surface area contributed by atoms with Gasteiger partial charge in [-0.3, -0.25) is 4.98 Å². The van der Waals surface area contributed by atoms with Crippen LogP contribution in [0.5, 0.6) is 0 Å². The molecule has 1 aliphatic rings. The van der Waals surface area contributed by atoms with Crippen LogP contribution in [0.25, 0.3) is 0 Å². The molecule has 0 bridgehead atoms. The summed E-state index contributed by atoms with van der Waals surface area (Å²) in [5, 5.41) is 0.934. The maximum atomic E-state index is 5.38. The number of nitrogens with zero attached hydrogens (tertiary/aromatic N) is 3. The van der Waals surface area contributed by atoms with Crippen molar-refractivity contribution in [3.05, 3.63) is 18.6 Å². The van der Waals surface area contributed by atoms with Crippen LogP contribution < -0.4 is 4.90 Å². The molecule has 0 radical (unpaired) electrons. The van der Waals surface area contributed by atoms with E-state index in [1.165, 1.54) is 0 Å². The number of halogens is 1. The average Bonchev–Trinajstić information content (AvgIpc) is 2.73. The van der Waals surface area contributed by atoms with Gasteiger partial charge < -0.3 is 9.64 Å². The first-order valence-corrected chi connectivity index (χ1v) is 6.08. The Morgan fingerprint density at radius 1 is 1.60 bits per heavy atom. The summed E-state index contributed by atoms with van der Waals surface area (Å²) in [6.07, 6.45) is 6.55. The van der Waals surface area contributed by atoms with E-state index in [0.717, 1.165) is 24.1 Å². The van der Waals surface area contributed by atoms with Crippen molar-refractivity contribution in [2.24, 2.45) is 0 Å². The van der Waals surface area contributed by atoms with E-state index in [-0.39, 0.29) is 0 Å². The Labute approximate surface area is 97.8 Å². The van der Waals surface area contributed by atoms with Crippen LogP contribution in [0, 0.1) is 0 Å². The molecule has 0 amide bonds. The van der Waals surface area contributed by atoms with Crippen molar-refractivity contribution >= 4 is 21.7 Å². The van der Waals surface area contributed by atoms with E-state index >= 15 is 0 Å². The fourth-order valence-corrected chi connectivity index (χ4v) is 2.52. The van der Waals surface area contributed by atoms with Gasteiger partial charge in [-0.25, -0.2) is 4.98 Å². The quantitative estimate of drug-likeness (QED) is 0.781. The standard InChI is InChI=1S/C10H14BrN3O/c1-15-9-4-8(5-11)14(7-9)10-6-12-2-3-13-10/h2-3,6,8-9H,4-5,7H2,1H3.